The van der Waals surface area contributed by atoms with Crippen molar-refractivity contribution >= 4 is 52.4 Å². The van der Waals surface area contributed by atoms with Crippen LogP contribution >= 0.6 is 34.8 Å². The van der Waals surface area contributed by atoms with E-state index in [1.807, 2.05) is 0 Å². The van der Waals surface area contributed by atoms with Crippen LogP contribution in [-0.4, -0.2) is 23.0 Å². The number of carbonyl (C=O) groups excluding carboxylic acids is 1. The molecule has 0 aliphatic rings. The Bertz CT molecular complexity index is 485. The molecule has 0 spiro atoms. The molecule has 104 valence electrons. The van der Waals surface area contributed by atoms with Crippen molar-refractivity contribution in [3.8, 4) is 0 Å². The molecule has 0 aliphatic heterocycles. The van der Waals surface area contributed by atoms with Gasteiger partial charge < -0.3 is 16.2 Å². The second-order valence-electron chi connectivity index (χ2n) is 3.77. The first-order chi connectivity index (χ1) is 8.81. The lowest BCUT2D eigenvalue weighted by molar-refractivity contribution is -0.137. The molecule has 4 N–H and O–H groups in total. The predicted octanol–water partition coefficient (Wildman–Crippen LogP) is 2.78. The van der Waals surface area contributed by atoms with Gasteiger partial charge in [-0.05, 0) is 18.6 Å². The van der Waals surface area contributed by atoms with E-state index in [1.165, 1.54) is 12.1 Å². The fourth-order valence-electron chi connectivity index (χ4n) is 1.29. The van der Waals surface area contributed by atoms with E-state index in [2.05, 4.69) is 5.32 Å². The predicted molar refractivity (Wildman–Crippen MR) is 74.9 cm³/mol. The molecule has 19 heavy (non-hydrogen) atoms. The molecule has 0 saturated heterocycles. The highest BCUT2D eigenvalue weighted by Crippen LogP contribution is 2.33. The van der Waals surface area contributed by atoms with Gasteiger partial charge in [0, 0.05) is 11.4 Å². The summed E-state index contributed by atoms with van der Waals surface area (Å²) in [4.78, 5) is 22.1. The van der Waals surface area contributed by atoms with Crippen molar-refractivity contribution in [3.63, 3.8) is 0 Å². The minimum Gasteiger partial charge on any atom is -0.481 e. The Kier molecular flexibility index (Phi) is 5.87. The van der Waals surface area contributed by atoms with Crippen molar-refractivity contribution in [3.05, 3.63) is 27.2 Å². The molecule has 1 aromatic rings. The van der Waals surface area contributed by atoms with Gasteiger partial charge in [-0.3, -0.25) is 9.59 Å². The fraction of sp³-hybridized carbons (Fsp3) is 0.273. The molecule has 0 radical (unpaired) electrons. The zero-order valence-corrected chi connectivity index (χ0v) is 11.9. The van der Waals surface area contributed by atoms with Gasteiger partial charge in [-0.15, -0.1) is 0 Å². The summed E-state index contributed by atoms with van der Waals surface area (Å²) in [7, 11) is 0. The highest BCUT2D eigenvalue weighted by molar-refractivity contribution is 6.42. The maximum Gasteiger partial charge on any atom is 0.303 e. The Morgan fingerprint density at radius 3 is 2.26 bits per heavy atom. The monoisotopic (exact) mass is 324 g/mol. The van der Waals surface area contributed by atoms with Gasteiger partial charge in [-0.1, -0.05) is 34.8 Å². The van der Waals surface area contributed by atoms with Gasteiger partial charge >= 0.3 is 5.97 Å². The number of hydrogen-bond acceptors (Lipinski definition) is 3. The number of amides is 1. The van der Waals surface area contributed by atoms with Gasteiger partial charge in [-0.25, -0.2) is 0 Å². The van der Waals surface area contributed by atoms with Crippen molar-refractivity contribution in [2.45, 2.75) is 18.9 Å². The molecular formula is C11H11Cl3N2O3. The normalized spacial score (nSPS) is 12.0. The molecule has 0 aromatic heterocycles. The summed E-state index contributed by atoms with van der Waals surface area (Å²) >= 11 is 17.5. The number of anilines is 1. The van der Waals surface area contributed by atoms with Crippen LogP contribution in [0, 0.1) is 0 Å². The first kappa shape index (κ1) is 16.0. The number of carboxylic acids is 1. The Labute approximate surface area is 124 Å². The largest absolute Gasteiger partial charge is 0.481 e. The topological polar surface area (TPSA) is 92.4 Å². The first-order valence-electron chi connectivity index (χ1n) is 5.24. The van der Waals surface area contributed by atoms with Crippen molar-refractivity contribution < 1.29 is 14.7 Å². The van der Waals surface area contributed by atoms with E-state index in [0.29, 0.717) is 5.02 Å². The van der Waals surface area contributed by atoms with E-state index in [0.717, 1.165) is 0 Å². The van der Waals surface area contributed by atoms with E-state index < -0.39 is 17.9 Å². The maximum atomic E-state index is 11.7. The first-order valence-corrected chi connectivity index (χ1v) is 6.37. The number of hydrogen-bond donors (Lipinski definition) is 3. The van der Waals surface area contributed by atoms with Gasteiger partial charge in [0.1, 0.15) is 0 Å². The van der Waals surface area contributed by atoms with Crippen molar-refractivity contribution in [2.75, 3.05) is 5.32 Å². The molecule has 0 heterocycles. The van der Waals surface area contributed by atoms with E-state index in [9.17, 15) is 9.59 Å². The summed E-state index contributed by atoms with van der Waals surface area (Å²) in [6, 6.07) is 1.89. The average Bonchev–Trinajstić information content (AvgIpc) is 2.30. The van der Waals surface area contributed by atoms with Gasteiger partial charge in [0.2, 0.25) is 5.91 Å². The van der Waals surface area contributed by atoms with Crippen LogP contribution in [-0.2, 0) is 9.59 Å². The van der Waals surface area contributed by atoms with Crippen LogP contribution in [0.5, 0.6) is 0 Å². The molecule has 1 aromatic carbocycles. The molecule has 1 atom stereocenters. The molecule has 5 nitrogen and oxygen atoms in total. The van der Waals surface area contributed by atoms with Gasteiger partial charge in [-0.2, -0.15) is 0 Å². The van der Waals surface area contributed by atoms with Crippen molar-refractivity contribution in [1.29, 1.82) is 0 Å². The van der Waals surface area contributed by atoms with E-state index in [4.69, 9.17) is 45.6 Å². The SMILES string of the molecule is NC(CCC(=O)O)C(=O)Nc1c(Cl)cc(Cl)cc1Cl. The summed E-state index contributed by atoms with van der Waals surface area (Å²) in [6.45, 7) is 0. The molecular weight excluding hydrogens is 314 g/mol. The molecule has 0 bridgehead atoms. The standard InChI is InChI=1S/C11H11Cl3N2O3/c12-5-3-6(13)10(7(14)4-5)16-11(19)8(15)1-2-9(17)18/h3-4,8H,1-2,15H2,(H,16,19)(H,17,18). The molecule has 0 fully saturated rings. The summed E-state index contributed by atoms with van der Waals surface area (Å²) < 4.78 is 0. The number of nitrogens with two attached hydrogens (primary N) is 1. The van der Waals surface area contributed by atoms with Gasteiger partial charge in [0.25, 0.3) is 0 Å². The summed E-state index contributed by atoms with van der Waals surface area (Å²) in [5.41, 5.74) is 5.75. The molecule has 1 unspecified atom stereocenters. The van der Waals surface area contributed by atoms with E-state index >= 15 is 0 Å². The summed E-state index contributed by atoms with van der Waals surface area (Å²) in [5.74, 6) is -1.59. The van der Waals surface area contributed by atoms with Crippen LogP contribution in [0.1, 0.15) is 12.8 Å². The quantitative estimate of drug-likeness (QED) is 0.776. The Hall–Kier alpha value is -1.01. The minimum atomic E-state index is -1.02. The fourth-order valence-corrected chi connectivity index (χ4v) is 2.20. The number of nitrogens with one attached hydrogen (secondary N) is 1. The van der Waals surface area contributed by atoms with Crippen LogP contribution in [0.3, 0.4) is 0 Å². The third kappa shape index (κ3) is 4.87. The third-order valence-corrected chi connectivity index (χ3v) is 3.08. The van der Waals surface area contributed by atoms with E-state index in [-0.39, 0.29) is 28.6 Å². The molecule has 8 heteroatoms. The lowest BCUT2D eigenvalue weighted by Crippen LogP contribution is -2.36. The molecule has 1 amide bonds. The second-order valence-corrected chi connectivity index (χ2v) is 5.02. The van der Waals surface area contributed by atoms with Crippen LogP contribution in [0.25, 0.3) is 0 Å². The van der Waals surface area contributed by atoms with Gasteiger partial charge in [0.05, 0.1) is 21.8 Å². The van der Waals surface area contributed by atoms with Crippen molar-refractivity contribution in [1.82, 2.24) is 0 Å². The Balaban J connectivity index is 2.74. The number of rotatable bonds is 5. The number of carbonyl (C=O) groups is 2. The number of carboxylic acid groups (broad SMARTS) is 1. The minimum absolute atomic E-state index is 0.0179. The van der Waals surface area contributed by atoms with Crippen LogP contribution in [0.15, 0.2) is 12.1 Å². The number of benzene rings is 1. The van der Waals surface area contributed by atoms with E-state index in [1.54, 1.807) is 0 Å². The van der Waals surface area contributed by atoms with Gasteiger partial charge in [0.15, 0.2) is 0 Å². The second kappa shape index (κ2) is 6.96. The molecule has 0 saturated carbocycles. The Morgan fingerprint density at radius 2 is 1.79 bits per heavy atom. The molecule has 0 aliphatic carbocycles. The van der Waals surface area contributed by atoms with Crippen LogP contribution in [0.4, 0.5) is 5.69 Å². The van der Waals surface area contributed by atoms with Crippen molar-refractivity contribution in [2.24, 2.45) is 5.73 Å². The Morgan fingerprint density at radius 1 is 1.26 bits per heavy atom. The summed E-state index contributed by atoms with van der Waals surface area (Å²) in [5, 5.41) is 11.6. The smallest absolute Gasteiger partial charge is 0.303 e. The lowest BCUT2D eigenvalue weighted by Gasteiger charge is -2.13. The molecule has 1 rings (SSSR count). The lowest BCUT2D eigenvalue weighted by atomic mass is 10.1. The number of halogens is 3. The zero-order chi connectivity index (χ0) is 14.6. The maximum absolute atomic E-state index is 11.7. The zero-order valence-electron chi connectivity index (χ0n) is 9.62. The van der Waals surface area contributed by atoms with Crippen LogP contribution < -0.4 is 11.1 Å². The average molecular weight is 326 g/mol. The van der Waals surface area contributed by atoms with Crippen LogP contribution in [0.2, 0.25) is 15.1 Å². The highest BCUT2D eigenvalue weighted by Gasteiger charge is 2.18. The third-order valence-electron chi connectivity index (χ3n) is 2.26. The number of aliphatic carboxylic acids is 1. The highest BCUT2D eigenvalue weighted by atomic mass is 35.5. The summed E-state index contributed by atoms with van der Waals surface area (Å²) in [6.07, 6.45) is -0.180.